The van der Waals surface area contributed by atoms with Crippen molar-refractivity contribution in [2.45, 2.75) is 51.4 Å². The van der Waals surface area contributed by atoms with E-state index in [4.69, 9.17) is 19.7 Å². The lowest BCUT2D eigenvalue weighted by molar-refractivity contribution is -0.0591. The van der Waals surface area contributed by atoms with Crippen LogP contribution in [0, 0.1) is 23.1 Å². The summed E-state index contributed by atoms with van der Waals surface area (Å²) in [4.78, 5) is 29.6. The van der Waals surface area contributed by atoms with E-state index in [0.717, 1.165) is 50.1 Å². The van der Waals surface area contributed by atoms with Crippen LogP contribution in [-0.2, 0) is 24.3 Å². The second-order valence-corrected chi connectivity index (χ2v) is 10.3. The number of imidazole rings is 1. The molecule has 2 atom stereocenters. The van der Waals surface area contributed by atoms with Crippen molar-refractivity contribution in [1.82, 2.24) is 24.5 Å². The van der Waals surface area contributed by atoms with Gasteiger partial charge in [-0.1, -0.05) is 12.1 Å². The van der Waals surface area contributed by atoms with Crippen LogP contribution < -0.4 is 4.74 Å². The summed E-state index contributed by atoms with van der Waals surface area (Å²) in [7, 11) is 0. The molecule has 1 aliphatic heterocycles. The number of benzene rings is 1. The summed E-state index contributed by atoms with van der Waals surface area (Å²) in [6, 6.07) is 9.40. The molecule has 41 heavy (non-hydrogen) atoms. The molecule has 4 heterocycles. The zero-order valence-corrected chi connectivity index (χ0v) is 22.2. The zero-order chi connectivity index (χ0) is 28.3. The lowest BCUT2D eigenvalue weighted by atomic mass is 9.86. The Morgan fingerprint density at radius 2 is 2.05 bits per heavy atom. The van der Waals surface area contributed by atoms with Crippen molar-refractivity contribution in [2.24, 2.45) is 5.92 Å². The number of allylic oxidation sites excluding steroid dienone is 2. The smallest absolute Gasteiger partial charge is 0.354 e. The fraction of sp³-hybridized carbons (Fsp3) is 0.333. The highest BCUT2D eigenvalue weighted by Crippen LogP contribution is 2.35. The molecule has 3 aromatic heterocycles. The first-order chi connectivity index (χ1) is 20.0. The van der Waals surface area contributed by atoms with Crippen LogP contribution in [0.15, 0.2) is 48.8 Å². The molecule has 0 spiro atoms. The van der Waals surface area contributed by atoms with Crippen molar-refractivity contribution < 1.29 is 23.8 Å². The molecule has 6 rings (SSSR count). The summed E-state index contributed by atoms with van der Waals surface area (Å²) < 4.78 is 27.9. The first kappa shape index (κ1) is 26.5. The molecule has 0 amide bonds. The number of aromatic carboxylic acids is 1. The summed E-state index contributed by atoms with van der Waals surface area (Å²) >= 11 is 0. The lowest BCUT2D eigenvalue weighted by Crippen LogP contribution is -2.32. The molecule has 1 aromatic carbocycles. The molecule has 1 aliphatic carbocycles. The topological polar surface area (TPSA) is 136 Å². The quantitative estimate of drug-likeness (QED) is 0.311. The van der Waals surface area contributed by atoms with Gasteiger partial charge in [-0.3, -0.25) is 0 Å². The minimum atomic E-state index is -1.07. The van der Waals surface area contributed by atoms with Crippen molar-refractivity contribution in [3.05, 3.63) is 83.0 Å². The number of nitrogens with zero attached hydrogens (tertiary/aromatic N) is 6. The number of hydrogen-bond acceptors (Lipinski definition) is 8. The van der Waals surface area contributed by atoms with E-state index in [1.54, 1.807) is 24.5 Å². The Hall–Kier alpha value is -4.69. The van der Waals surface area contributed by atoms with E-state index in [-0.39, 0.29) is 24.0 Å². The number of fused-ring (bicyclic) bond motifs is 1. The van der Waals surface area contributed by atoms with Crippen LogP contribution in [0.3, 0.4) is 0 Å². The molecule has 1 unspecified atom stereocenters. The molecule has 1 N–H and O–H groups in total. The van der Waals surface area contributed by atoms with Crippen LogP contribution in [0.4, 0.5) is 4.39 Å². The van der Waals surface area contributed by atoms with Gasteiger partial charge < -0.3 is 19.1 Å². The van der Waals surface area contributed by atoms with Gasteiger partial charge >= 0.3 is 5.97 Å². The number of ether oxygens (including phenoxy) is 2. The highest BCUT2D eigenvalue weighted by Gasteiger charge is 2.26. The minimum absolute atomic E-state index is 0.00566. The van der Waals surface area contributed by atoms with Gasteiger partial charge in [0.2, 0.25) is 5.88 Å². The number of hydrogen-bond donors (Lipinski definition) is 1. The predicted octanol–water partition coefficient (Wildman–Crippen LogP) is 4.72. The molecule has 0 bridgehead atoms. The predicted molar refractivity (Wildman–Crippen MR) is 145 cm³/mol. The number of carboxylic acid groups (broad SMARTS) is 1. The summed E-state index contributed by atoms with van der Waals surface area (Å²) in [5.74, 6) is -0.0350. The molecule has 1 saturated heterocycles. The third-order valence-electron chi connectivity index (χ3n) is 7.58. The average molecular weight is 555 g/mol. The van der Waals surface area contributed by atoms with Crippen molar-refractivity contribution in [2.75, 3.05) is 6.61 Å². The summed E-state index contributed by atoms with van der Waals surface area (Å²) in [6.07, 6.45) is 9.50. The van der Waals surface area contributed by atoms with Crippen LogP contribution in [0.5, 0.6) is 5.88 Å². The summed E-state index contributed by atoms with van der Waals surface area (Å²) in [6.45, 7) is 1.29. The molecule has 0 radical (unpaired) electrons. The van der Waals surface area contributed by atoms with Gasteiger partial charge in [0.25, 0.3) is 0 Å². The Kier molecular flexibility index (Phi) is 7.39. The number of rotatable bonds is 9. The Morgan fingerprint density at radius 1 is 1.20 bits per heavy atom. The molecule has 11 heteroatoms. The zero-order valence-electron chi connectivity index (χ0n) is 22.2. The van der Waals surface area contributed by atoms with Gasteiger partial charge in [-0.15, -0.1) is 0 Å². The van der Waals surface area contributed by atoms with Crippen molar-refractivity contribution >= 4 is 22.7 Å². The van der Waals surface area contributed by atoms with E-state index in [0.29, 0.717) is 40.8 Å². The number of pyridine rings is 1. The van der Waals surface area contributed by atoms with Gasteiger partial charge in [-0.2, -0.15) is 5.26 Å². The van der Waals surface area contributed by atoms with E-state index in [1.807, 2.05) is 10.6 Å². The fourth-order valence-corrected chi connectivity index (χ4v) is 5.23. The Labute approximate surface area is 235 Å². The third-order valence-corrected chi connectivity index (χ3v) is 7.58. The van der Waals surface area contributed by atoms with Gasteiger partial charge in [-0.05, 0) is 61.4 Å². The minimum Gasteiger partial charge on any atom is -0.477 e. The van der Waals surface area contributed by atoms with Gasteiger partial charge in [-0.25, -0.2) is 29.1 Å². The average Bonchev–Trinajstić information content (AvgIpc) is 3.30. The molecular formula is C30H27FN6O4. The molecule has 2 aliphatic rings. The van der Waals surface area contributed by atoms with Crippen molar-refractivity contribution in [3.8, 4) is 11.9 Å². The Bertz CT molecular complexity index is 1690. The highest BCUT2D eigenvalue weighted by molar-refractivity contribution is 5.88. The number of carboxylic acids is 1. The first-order valence-electron chi connectivity index (χ1n) is 13.5. The fourth-order valence-electron chi connectivity index (χ4n) is 5.23. The van der Waals surface area contributed by atoms with Gasteiger partial charge in [0.15, 0.2) is 11.3 Å². The summed E-state index contributed by atoms with van der Waals surface area (Å²) in [5, 5.41) is 18.4. The van der Waals surface area contributed by atoms with Gasteiger partial charge in [0.05, 0.1) is 24.3 Å². The van der Waals surface area contributed by atoms with Crippen LogP contribution in [0.25, 0.3) is 16.7 Å². The van der Waals surface area contributed by atoms with E-state index in [2.05, 4.69) is 21.0 Å². The SMILES string of the molecule is N#Cc1ccc(COc2nccnc2C2=CCC(Cc3nc4ccc(C(=O)O)nc4n3C[C@@H]3CCO3)CC2)c(F)c1. The van der Waals surface area contributed by atoms with Crippen molar-refractivity contribution in [3.63, 3.8) is 0 Å². The van der Waals surface area contributed by atoms with Crippen LogP contribution in [-0.4, -0.2) is 48.3 Å². The molecule has 0 saturated carbocycles. The number of nitriles is 1. The second kappa shape index (κ2) is 11.4. The van der Waals surface area contributed by atoms with Gasteiger partial charge in [0.1, 0.15) is 29.5 Å². The Morgan fingerprint density at radius 3 is 2.76 bits per heavy atom. The number of halogens is 1. The maximum Gasteiger partial charge on any atom is 0.354 e. The monoisotopic (exact) mass is 554 g/mol. The standard InChI is InChI=1S/C30H27FN6O4/c31-23-13-19(15-32)3-6-21(23)17-41-29-27(33-10-11-34-29)20-4-1-18(2-5-20)14-26-35-24-7-8-25(30(38)39)36-28(24)37(26)16-22-9-12-40-22/h3-4,6-8,10-11,13,18,22H,1-2,5,9,12,14,16-17H2,(H,38,39)/t18?,22-/m0/s1. The van der Waals surface area contributed by atoms with E-state index in [1.165, 1.54) is 18.2 Å². The lowest BCUT2D eigenvalue weighted by Gasteiger charge is -2.28. The second-order valence-electron chi connectivity index (χ2n) is 10.3. The summed E-state index contributed by atoms with van der Waals surface area (Å²) in [5.41, 5.74) is 3.49. The molecular weight excluding hydrogens is 527 g/mol. The molecule has 208 valence electrons. The van der Waals surface area contributed by atoms with Crippen LogP contribution in [0.1, 0.15) is 58.8 Å². The number of carbonyl (C=O) groups is 1. The highest BCUT2D eigenvalue weighted by atomic mass is 19.1. The number of aromatic nitrogens is 5. The maximum absolute atomic E-state index is 14.3. The normalized spacial score (nSPS) is 18.4. The molecule has 4 aromatic rings. The first-order valence-corrected chi connectivity index (χ1v) is 13.5. The largest absolute Gasteiger partial charge is 0.477 e. The van der Waals surface area contributed by atoms with E-state index in [9.17, 15) is 14.3 Å². The molecule has 10 nitrogen and oxygen atoms in total. The van der Waals surface area contributed by atoms with Crippen LogP contribution >= 0.6 is 0 Å². The van der Waals surface area contributed by atoms with Crippen molar-refractivity contribution in [1.29, 1.82) is 5.26 Å². The van der Waals surface area contributed by atoms with E-state index < -0.39 is 11.8 Å². The molecule has 1 fully saturated rings. The maximum atomic E-state index is 14.3. The van der Waals surface area contributed by atoms with Gasteiger partial charge in [0, 0.05) is 31.0 Å². The van der Waals surface area contributed by atoms with Crippen LogP contribution in [0.2, 0.25) is 0 Å². The Balaban J connectivity index is 1.18. The van der Waals surface area contributed by atoms with E-state index >= 15 is 0 Å². The third kappa shape index (κ3) is 5.64.